The first-order valence-corrected chi connectivity index (χ1v) is 8.66. The quantitative estimate of drug-likeness (QED) is 0.926. The van der Waals surface area contributed by atoms with E-state index in [-0.39, 0.29) is 12.1 Å². The highest BCUT2D eigenvalue weighted by atomic mass is 35.5. The van der Waals surface area contributed by atoms with Gasteiger partial charge in [0.1, 0.15) is 6.33 Å². The van der Waals surface area contributed by atoms with Crippen molar-refractivity contribution in [3.63, 3.8) is 0 Å². The summed E-state index contributed by atoms with van der Waals surface area (Å²) in [4.78, 5) is 18.8. The van der Waals surface area contributed by atoms with Gasteiger partial charge < -0.3 is 10.2 Å². The lowest BCUT2D eigenvalue weighted by atomic mass is 10.0. The maximum absolute atomic E-state index is 12.7. The molecule has 7 heteroatoms. The van der Waals surface area contributed by atoms with Crippen LogP contribution in [0.1, 0.15) is 43.1 Å². The van der Waals surface area contributed by atoms with Gasteiger partial charge in [-0.05, 0) is 30.5 Å². The van der Waals surface area contributed by atoms with E-state index in [0.29, 0.717) is 17.4 Å². The predicted molar refractivity (Wildman–Crippen MR) is 92.6 cm³/mol. The lowest BCUT2D eigenvalue weighted by Gasteiger charge is -2.30. The molecule has 1 aliphatic rings. The maximum atomic E-state index is 12.7. The molecule has 6 nitrogen and oxygen atoms in total. The van der Waals surface area contributed by atoms with Crippen LogP contribution in [0.2, 0.25) is 5.02 Å². The first kappa shape index (κ1) is 16.8. The van der Waals surface area contributed by atoms with Crippen molar-refractivity contribution in [1.29, 1.82) is 0 Å². The molecule has 0 aliphatic carbocycles. The molecule has 0 radical (unpaired) electrons. The normalized spacial score (nSPS) is 18.2. The number of benzene rings is 1. The van der Waals surface area contributed by atoms with Crippen LogP contribution in [-0.4, -0.2) is 32.2 Å². The van der Waals surface area contributed by atoms with E-state index in [9.17, 15) is 4.79 Å². The average Bonchev–Trinajstić information content (AvgIpc) is 2.84. The van der Waals surface area contributed by atoms with Gasteiger partial charge in [-0.15, -0.1) is 0 Å². The van der Waals surface area contributed by atoms with E-state index in [0.717, 1.165) is 37.8 Å². The third-order valence-electron chi connectivity index (χ3n) is 4.31. The molecular weight excluding hydrogens is 326 g/mol. The maximum Gasteiger partial charge on any atom is 0.318 e. The summed E-state index contributed by atoms with van der Waals surface area (Å²) in [5, 5.41) is 7.85. The van der Waals surface area contributed by atoms with Gasteiger partial charge in [0.2, 0.25) is 0 Å². The molecule has 2 aromatic rings. The zero-order valence-corrected chi connectivity index (χ0v) is 14.5. The standard InChI is InChI=1S/C17H22ClN5O/c1-22-12-20-16(21-22)11-19-17(24)23-10-4-2-3-5-15(23)13-6-8-14(18)9-7-13/h6-9,12,15H,2-5,10-11H2,1H3,(H,19,24). The van der Waals surface area contributed by atoms with Crippen LogP contribution >= 0.6 is 11.6 Å². The molecule has 0 spiro atoms. The average molecular weight is 348 g/mol. The highest BCUT2D eigenvalue weighted by Gasteiger charge is 2.26. The van der Waals surface area contributed by atoms with E-state index in [1.54, 1.807) is 11.0 Å². The van der Waals surface area contributed by atoms with Crippen LogP contribution in [0.4, 0.5) is 4.79 Å². The molecule has 1 saturated heterocycles. The van der Waals surface area contributed by atoms with Gasteiger partial charge in [0.05, 0.1) is 12.6 Å². The Kier molecular flexibility index (Phi) is 5.35. The number of amides is 2. The molecule has 1 unspecified atom stereocenters. The topological polar surface area (TPSA) is 63.1 Å². The first-order valence-electron chi connectivity index (χ1n) is 8.28. The molecule has 1 aromatic heterocycles. The SMILES string of the molecule is Cn1cnc(CNC(=O)N2CCCCCC2c2ccc(Cl)cc2)n1. The third-order valence-corrected chi connectivity index (χ3v) is 4.57. The van der Waals surface area contributed by atoms with E-state index in [2.05, 4.69) is 15.4 Å². The Bertz CT molecular complexity index is 685. The molecule has 1 aliphatic heterocycles. The lowest BCUT2D eigenvalue weighted by Crippen LogP contribution is -2.42. The summed E-state index contributed by atoms with van der Waals surface area (Å²) in [5.41, 5.74) is 1.13. The molecule has 3 rings (SSSR count). The molecular formula is C17H22ClN5O. The minimum absolute atomic E-state index is 0.0655. The highest BCUT2D eigenvalue weighted by molar-refractivity contribution is 6.30. The fraction of sp³-hybridized carbons (Fsp3) is 0.471. The van der Waals surface area contributed by atoms with E-state index in [4.69, 9.17) is 11.6 Å². The van der Waals surface area contributed by atoms with Gasteiger partial charge in [-0.3, -0.25) is 4.68 Å². The van der Waals surface area contributed by atoms with Crippen LogP contribution < -0.4 is 5.32 Å². The second-order valence-electron chi connectivity index (χ2n) is 6.10. The molecule has 24 heavy (non-hydrogen) atoms. The van der Waals surface area contributed by atoms with Gasteiger partial charge in [0.25, 0.3) is 0 Å². The van der Waals surface area contributed by atoms with Gasteiger partial charge >= 0.3 is 6.03 Å². The summed E-state index contributed by atoms with van der Waals surface area (Å²) in [6, 6.07) is 7.81. The Morgan fingerprint density at radius 2 is 2.08 bits per heavy atom. The number of nitrogens with zero attached hydrogens (tertiary/aromatic N) is 4. The van der Waals surface area contributed by atoms with Crippen molar-refractivity contribution in [2.75, 3.05) is 6.54 Å². The van der Waals surface area contributed by atoms with Crippen LogP contribution in [0.15, 0.2) is 30.6 Å². The van der Waals surface area contributed by atoms with Crippen molar-refractivity contribution >= 4 is 17.6 Å². The number of halogens is 1. The Hall–Kier alpha value is -2.08. The third kappa shape index (κ3) is 4.06. The largest absolute Gasteiger partial charge is 0.331 e. The van der Waals surface area contributed by atoms with Gasteiger partial charge in [0.15, 0.2) is 5.82 Å². The summed E-state index contributed by atoms with van der Waals surface area (Å²) in [7, 11) is 1.81. The number of aromatic nitrogens is 3. The second kappa shape index (κ2) is 7.66. The molecule has 1 aromatic carbocycles. The van der Waals surface area contributed by atoms with Crippen molar-refractivity contribution in [2.45, 2.75) is 38.3 Å². The van der Waals surface area contributed by atoms with Crippen LogP contribution in [0.3, 0.4) is 0 Å². The van der Waals surface area contributed by atoms with E-state index < -0.39 is 0 Å². The fourth-order valence-corrected chi connectivity index (χ4v) is 3.23. The Labute approximate surface area is 146 Å². The minimum Gasteiger partial charge on any atom is -0.331 e. The van der Waals surface area contributed by atoms with Crippen molar-refractivity contribution in [3.05, 3.63) is 47.0 Å². The summed E-state index contributed by atoms with van der Waals surface area (Å²) in [6.45, 7) is 1.10. The number of hydrogen-bond donors (Lipinski definition) is 1. The van der Waals surface area contributed by atoms with Crippen molar-refractivity contribution < 1.29 is 4.79 Å². The molecule has 1 fully saturated rings. The van der Waals surface area contributed by atoms with Gasteiger partial charge in [-0.1, -0.05) is 36.6 Å². The van der Waals surface area contributed by atoms with Crippen LogP contribution in [0.25, 0.3) is 0 Å². The van der Waals surface area contributed by atoms with Crippen molar-refractivity contribution in [1.82, 2.24) is 25.0 Å². The summed E-state index contributed by atoms with van der Waals surface area (Å²) >= 11 is 5.99. The minimum atomic E-state index is -0.0655. The number of rotatable bonds is 3. The van der Waals surface area contributed by atoms with E-state index in [1.807, 2.05) is 36.2 Å². The number of urea groups is 1. The summed E-state index contributed by atoms with van der Waals surface area (Å²) in [6.07, 6.45) is 5.90. The van der Waals surface area contributed by atoms with Crippen LogP contribution in [-0.2, 0) is 13.6 Å². The molecule has 0 saturated carbocycles. The smallest absolute Gasteiger partial charge is 0.318 e. The monoisotopic (exact) mass is 347 g/mol. The van der Waals surface area contributed by atoms with Crippen molar-refractivity contribution in [2.24, 2.45) is 7.05 Å². The predicted octanol–water partition coefficient (Wildman–Crippen LogP) is 3.30. The number of nitrogens with one attached hydrogen (secondary N) is 1. The summed E-state index contributed by atoms with van der Waals surface area (Å²) < 4.78 is 1.63. The number of aryl methyl sites for hydroxylation is 1. The number of hydrogen-bond acceptors (Lipinski definition) is 3. The molecule has 1 N–H and O–H groups in total. The molecule has 128 valence electrons. The number of likely N-dealkylation sites (tertiary alicyclic amines) is 1. The number of carbonyl (C=O) groups is 1. The zero-order valence-electron chi connectivity index (χ0n) is 13.8. The molecule has 2 heterocycles. The van der Waals surface area contributed by atoms with Gasteiger partial charge in [-0.25, -0.2) is 9.78 Å². The van der Waals surface area contributed by atoms with E-state index >= 15 is 0 Å². The molecule has 1 atom stereocenters. The van der Waals surface area contributed by atoms with Gasteiger partial charge in [-0.2, -0.15) is 5.10 Å². The van der Waals surface area contributed by atoms with E-state index in [1.165, 1.54) is 0 Å². The zero-order chi connectivity index (χ0) is 16.9. The van der Waals surface area contributed by atoms with Crippen LogP contribution in [0.5, 0.6) is 0 Å². The Morgan fingerprint density at radius 1 is 1.29 bits per heavy atom. The van der Waals surface area contributed by atoms with Crippen LogP contribution in [0, 0.1) is 0 Å². The second-order valence-corrected chi connectivity index (χ2v) is 6.54. The lowest BCUT2D eigenvalue weighted by molar-refractivity contribution is 0.175. The summed E-state index contributed by atoms with van der Waals surface area (Å²) in [5.74, 6) is 0.615. The van der Waals surface area contributed by atoms with Gasteiger partial charge in [0, 0.05) is 18.6 Å². The Balaban J connectivity index is 1.71. The highest BCUT2D eigenvalue weighted by Crippen LogP contribution is 2.30. The van der Waals surface area contributed by atoms with Crippen molar-refractivity contribution in [3.8, 4) is 0 Å². The number of carbonyl (C=O) groups excluding carboxylic acids is 1. The molecule has 0 bridgehead atoms. The first-order chi connectivity index (χ1) is 11.6. The Morgan fingerprint density at radius 3 is 2.79 bits per heavy atom. The molecule has 2 amide bonds. The fourth-order valence-electron chi connectivity index (χ4n) is 3.10.